The molecular formula is C11H20N2O2. The van der Waals surface area contributed by atoms with E-state index in [2.05, 4.69) is 11.5 Å². The summed E-state index contributed by atoms with van der Waals surface area (Å²) in [4.78, 5) is 13.5. The minimum Gasteiger partial charge on any atom is -0.463 e. The highest BCUT2D eigenvalue weighted by Gasteiger charge is 2.22. The fourth-order valence-corrected chi connectivity index (χ4v) is 1.82. The van der Waals surface area contributed by atoms with Crippen LogP contribution >= 0.6 is 0 Å². The minimum atomic E-state index is -0.284. The first kappa shape index (κ1) is 12.2. The molecule has 86 valence electrons. The zero-order valence-corrected chi connectivity index (χ0v) is 9.37. The van der Waals surface area contributed by atoms with Gasteiger partial charge < -0.3 is 10.5 Å². The summed E-state index contributed by atoms with van der Waals surface area (Å²) in [5.41, 5.74) is 6.13. The largest absolute Gasteiger partial charge is 0.463 e. The minimum absolute atomic E-state index is 0.284. The number of nitrogens with two attached hydrogens (primary N) is 1. The Labute approximate surface area is 91.1 Å². The van der Waals surface area contributed by atoms with Gasteiger partial charge in [-0.25, -0.2) is 4.79 Å². The lowest BCUT2D eigenvalue weighted by Gasteiger charge is -2.16. The van der Waals surface area contributed by atoms with Crippen molar-refractivity contribution in [1.82, 2.24) is 4.90 Å². The highest BCUT2D eigenvalue weighted by molar-refractivity contribution is 5.88. The summed E-state index contributed by atoms with van der Waals surface area (Å²) in [5.74, 6) is 0.286. The molecule has 1 heterocycles. The van der Waals surface area contributed by atoms with Crippen molar-refractivity contribution in [2.75, 3.05) is 32.8 Å². The first-order chi connectivity index (χ1) is 7.17. The highest BCUT2D eigenvalue weighted by atomic mass is 16.5. The highest BCUT2D eigenvalue weighted by Crippen LogP contribution is 2.15. The van der Waals surface area contributed by atoms with E-state index in [4.69, 9.17) is 10.5 Å². The molecule has 1 fully saturated rings. The van der Waals surface area contributed by atoms with Crippen LogP contribution < -0.4 is 5.73 Å². The molecule has 4 heteroatoms. The molecule has 0 aliphatic carbocycles. The number of nitrogens with zero attached hydrogens (tertiary/aromatic N) is 1. The van der Waals surface area contributed by atoms with Crippen molar-refractivity contribution in [1.29, 1.82) is 0 Å². The van der Waals surface area contributed by atoms with Crippen LogP contribution in [0.4, 0.5) is 0 Å². The molecule has 0 saturated carbocycles. The third-order valence-corrected chi connectivity index (χ3v) is 2.68. The molecule has 0 bridgehead atoms. The lowest BCUT2D eigenvalue weighted by atomic mass is 10.1. The van der Waals surface area contributed by atoms with Gasteiger partial charge in [-0.1, -0.05) is 6.58 Å². The Morgan fingerprint density at radius 3 is 2.93 bits per heavy atom. The van der Waals surface area contributed by atoms with Gasteiger partial charge in [0.1, 0.15) is 0 Å². The van der Waals surface area contributed by atoms with Gasteiger partial charge in [0.05, 0.1) is 6.61 Å². The van der Waals surface area contributed by atoms with Crippen molar-refractivity contribution in [2.45, 2.75) is 13.3 Å². The van der Waals surface area contributed by atoms with E-state index in [9.17, 15) is 4.79 Å². The van der Waals surface area contributed by atoms with Crippen LogP contribution in [0.5, 0.6) is 0 Å². The third-order valence-electron chi connectivity index (χ3n) is 2.68. The number of carbonyl (C=O) groups excluding carboxylic acids is 1. The van der Waals surface area contributed by atoms with Crippen LogP contribution in [0, 0.1) is 5.92 Å². The van der Waals surface area contributed by atoms with Crippen LogP contribution in [0.2, 0.25) is 0 Å². The van der Waals surface area contributed by atoms with Crippen molar-refractivity contribution >= 4 is 5.97 Å². The maximum absolute atomic E-state index is 11.3. The summed E-state index contributed by atoms with van der Waals surface area (Å²) in [5, 5.41) is 0. The van der Waals surface area contributed by atoms with Crippen LogP contribution in [0.15, 0.2) is 12.2 Å². The molecule has 0 radical (unpaired) electrons. The standard InChI is InChI=1S/C11H20N2O2/c1-3-15-11(14)9(2)7-13-5-4-10(6-12)8-13/h10H,2-8,12H2,1H3. The molecule has 0 aromatic rings. The van der Waals surface area contributed by atoms with Gasteiger partial charge in [0.15, 0.2) is 0 Å². The fourth-order valence-electron chi connectivity index (χ4n) is 1.82. The quantitative estimate of drug-likeness (QED) is 0.529. The number of likely N-dealkylation sites (tertiary alicyclic amines) is 1. The van der Waals surface area contributed by atoms with Gasteiger partial charge in [0, 0.05) is 18.7 Å². The van der Waals surface area contributed by atoms with E-state index in [0.29, 0.717) is 24.6 Å². The molecule has 4 nitrogen and oxygen atoms in total. The topological polar surface area (TPSA) is 55.6 Å². The van der Waals surface area contributed by atoms with E-state index in [1.54, 1.807) is 6.92 Å². The average Bonchev–Trinajstić information content (AvgIpc) is 2.66. The number of hydrogen-bond acceptors (Lipinski definition) is 4. The van der Waals surface area contributed by atoms with E-state index >= 15 is 0 Å². The second-order valence-electron chi connectivity index (χ2n) is 3.95. The Balaban J connectivity index is 2.30. The predicted molar refractivity (Wildman–Crippen MR) is 59.4 cm³/mol. The second kappa shape index (κ2) is 5.88. The second-order valence-corrected chi connectivity index (χ2v) is 3.95. The van der Waals surface area contributed by atoms with E-state index in [0.717, 1.165) is 26.1 Å². The van der Waals surface area contributed by atoms with Crippen LogP contribution in [0.1, 0.15) is 13.3 Å². The van der Waals surface area contributed by atoms with E-state index in [1.807, 2.05) is 0 Å². The summed E-state index contributed by atoms with van der Waals surface area (Å²) < 4.78 is 4.88. The normalized spacial score (nSPS) is 21.6. The zero-order chi connectivity index (χ0) is 11.3. The molecule has 0 amide bonds. The maximum atomic E-state index is 11.3. The zero-order valence-electron chi connectivity index (χ0n) is 9.37. The Hall–Kier alpha value is -0.870. The Morgan fingerprint density at radius 1 is 1.67 bits per heavy atom. The Kier molecular flexibility index (Phi) is 4.78. The van der Waals surface area contributed by atoms with Crippen molar-refractivity contribution in [3.63, 3.8) is 0 Å². The van der Waals surface area contributed by atoms with Crippen molar-refractivity contribution in [2.24, 2.45) is 11.7 Å². The van der Waals surface area contributed by atoms with Crippen molar-refractivity contribution in [3.05, 3.63) is 12.2 Å². The van der Waals surface area contributed by atoms with Gasteiger partial charge in [0.25, 0.3) is 0 Å². The molecule has 1 rings (SSSR count). The molecule has 1 aliphatic rings. The summed E-state index contributed by atoms with van der Waals surface area (Å²) in [6.07, 6.45) is 1.12. The first-order valence-electron chi connectivity index (χ1n) is 5.44. The number of ether oxygens (including phenoxy) is 1. The van der Waals surface area contributed by atoms with E-state index in [-0.39, 0.29) is 5.97 Å². The monoisotopic (exact) mass is 212 g/mol. The summed E-state index contributed by atoms with van der Waals surface area (Å²) in [7, 11) is 0. The van der Waals surface area contributed by atoms with Crippen molar-refractivity contribution in [3.8, 4) is 0 Å². The Morgan fingerprint density at radius 2 is 2.40 bits per heavy atom. The van der Waals surface area contributed by atoms with Gasteiger partial charge in [-0.05, 0) is 32.4 Å². The molecule has 0 aromatic carbocycles. The van der Waals surface area contributed by atoms with Crippen LogP contribution in [-0.4, -0.2) is 43.7 Å². The molecule has 1 atom stereocenters. The van der Waals surface area contributed by atoms with E-state index < -0.39 is 0 Å². The molecule has 15 heavy (non-hydrogen) atoms. The number of carbonyl (C=O) groups is 1. The molecule has 1 unspecified atom stereocenters. The smallest absolute Gasteiger partial charge is 0.334 e. The van der Waals surface area contributed by atoms with Crippen LogP contribution in [0.25, 0.3) is 0 Å². The molecule has 0 aromatic heterocycles. The van der Waals surface area contributed by atoms with Gasteiger partial charge in [0.2, 0.25) is 0 Å². The molecule has 2 N–H and O–H groups in total. The fraction of sp³-hybridized carbons (Fsp3) is 0.727. The third kappa shape index (κ3) is 3.64. The Bertz CT molecular complexity index is 241. The van der Waals surface area contributed by atoms with Crippen LogP contribution in [0.3, 0.4) is 0 Å². The molecule has 0 spiro atoms. The average molecular weight is 212 g/mol. The van der Waals surface area contributed by atoms with Gasteiger partial charge in [-0.3, -0.25) is 4.90 Å². The van der Waals surface area contributed by atoms with Gasteiger partial charge in [-0.15, -0.1) is 0 Å². The maximum Gasteiger partial charge on any atom is 0.334 e. The summed E-state index contributed by atoms with van der Waals surface area (Å²) >= 11 is 0. The molecular weight excluding hydrogens is 192 g/mol. The number of esters is 1. The van der Waals surface area contributed by atoms with Crippen molar-refractivity contribution < 1.29 is 9.53 Å². The number of hydrogen-bond donors (Lipinski definition) is 1. The SMILES string of the molecule is C=C(CN1CCC(CN)C1)C(=O)OCC. The van der Waals surface area contributed by atoms with Gasteiger partial charge >= 0.3 is 5.97 Å². The predicted octanol–water partition coefficient (Wildman–Crippen LogP) is 0.386. The lowest BCUT2D eigenvalue weighted by Crippen LogP contribution is -2.27. The van der Waals surface area contributed by atoms with E-state index in [1.165, 1.54) is 0 Å². The number of rotatable bonds is 5. The summed E-state index contributed by atoms with van der Waals surface area (Å²) in [6, 6.07) is 0. The van der Waals surface area contributed by atoms with Gasteiger partial charge in [-0.2, -0.15) is 0 Å². The first-order valence-corrected chi connectivity index (χ1v) is 5.44. The van der Waals surface area contributed by atoms with Crippen LogP contribution in [-0.2, 0) is 9.53 Å². The molecule has 1 aliphatic heterocycles. The summed E-state index contributed by atoms with van der Waals surface area (Å²) in [6.45, 7) is 9.24. The molecule has 1 saturated heterocycles. The lowest BCUT2D eigenvalue weighted by molar-refractivity contribution is -0.138.